The van der Waals surface area contributed by atoms with Crippen LogP contribution in [0, 0.1) is 0 Å². The van der Waals surface area contributed by atoms with Crippen molar-refractivity contribution in [2.45, 2.75) is 43.0 Å². The highest BCUT2D eigenvalue weighted by Gasteiger charge is 2.29. The quantitative estimate of drug-likeness (QED) is 0.569. The first kappa shape index (κ1) is 24.1. The summed E-state index contributed by atoms with van der Waals surface area (Å²) >= 11 is 0. The molecule has 0 bridgehead atoms. The number of carbonyl (C=O) groups excluding carboxylic acids is 1. The fourth-order valence-electron chi connectivity index (χ4n) is 3.93. The molecule has 1 fully saturated rings. The van der Waals surface area contributed by atoms with Crippen molar-refractivity contribution in [1.82, 2.24) is 9.21 Å². The third-order valence-corrected chi connectivity index (χ3v) is 7.89. The first-order valence-electron chi connectivity index (χ1n) is 10.9. The van der Waals surface area contributed by atoms with Crippen LogP contribution in [0.2, 0.25) is 0 Å². The zero-order valence-electron chi connectivity index (χ0n) is 19.0. The molecule has 0 saturated heterocycles. The minimum atomic E-state index is -3.58. The smallest absolute Gasteiger partial charge is 0.253 e. The van der Waals surface area contributed by atoms with Gasteiger partial charge in [-0.2, -0.15) is 4.31 Å². The Labute approximate surface area is 191 Å². The van der Waals surface area contributed by atoms with Crippen LogP contribution in [-0.4, -0.2) is 63.9 Å². The molecule has 1 aliphatic carbocycles. The minimum absolute atomic E-state index is 0.0458. The highest BCUT2D eigenvalue weighted by atomic mass is 32.2. The highest BCUT2D eigenvalue weighted by molar-refractivity contribution is 7.89. The zero-order valence-corrected chi connectivity index (χ0v) is 19.8. The van der Waals surface area contributed by atoms with Gasteiger partial charge in [0.15, 0.2) is 11.5 Å². The Balaban J connectivity index is 1.59. The Morgan fingerprint density at radius 3 is 2.22 bits per heavy atom. The number of para-hydroxylation sites is 2. The molecule has 32 heavy (non-hydrogen) atoms. The van der Waals surface area contributed by atoms with Gasteiger partial charge >= 0.3 is 0 Å². The Morgan fingerprint density at radius 1 is 0.969 bits per heavy atom. The molecule has 0 heterocycles. The number of benzene rings is 2. The summed E-state index contributed by atoms with van der Waals surface area (Å²) in [5.74, 6) is 1.06. The van der Waals surface area contributed by atoms with Gasteiger partial charge in [-0.25, -0.2) is 8.42 Å². The second-order valence-electron chi connectivity index (χ2n) is 8.06. The van der Waals surface area contributed by atoms with Crippen molar-refractivity contribution in [2.24, 2.45) is 0 Å². The molecule has 0 unspecified atom stereocenters. The van der Waals surface area contributed by atoms with Crippen LogP contribution in [0.3, 0.4) is 0 Å². The van der Waals surface area contributed by atoms with Gasteiger partial charge in [0, 0.05) is 25.7 Å². The summed E-state index contributed by atoms with van der Waals surface area (Å²) in [6, 6.07) is 13.6. The average molecular weight is 461 g/mol. The van der Waals surface area contributed by atoms with Crippen molar-refractivity contribution in [3.63, 3.8) is 0 Å². The number of nitrogens with zero attached hydrogens (tertiary/aromatic N) is 2. The molecule has 0 atom stereocenters. The topological polar surface area (TPSA) is 76.1 Å². The van der Waals surface area contributed by atoms with Gasteiger partial charge in [-0.05, 0) is 49.2 Å². The lowest BCUT2D eigenvalue weighted by atomic mass is 9.96. The average Bonchev–Trinajstić information content (AvgIpc) is 2.83. The van der Waals surface area contributed by atoms with Crippen LogP contribution in [0.4, 0.5) is 0 Å². The maximum atomic E-state index is 13.0. The summed E-state index contributed by atoms with van der Waals surface area (Å²) in [6.45, 7) is 0.683. The van der Waals surface area contributed by atoms with Gasteiger partial charge in [-0.15, -0.1) is 0 Å². The van der Waals surface area contributed by atoms with Gasteiger partial charge in [0.2, 0.25) is 10.0 Å². The van der Waals surface area contributed by atoms with E-state index in [2.05, 4.69) is 0 Å². The number of ether oxygens (including phenoxy) is 2. The number of amides is 1. The summed E-state index contributed by atoms with van der Waals surface area (Å²) in [4.78, 5) is 14.5. The summed E-state index contributed by atoms with van der Waals surface area (Å²) in [5, 5.41) is 0. The van der Waals surface area contributed by atoms with Crippen molar-refractivity contribution in [3.8, 4) is 11.5 Å². The Hall–Kier alpha value is -2.58. The third-order valence-electron chi connectivity index (χ3n) is 5.97. The normalized spacial score (nSPS) is 14.9. The van der Waals surface area contributed by atoms with Crippen LogP contribution >= 0.6 is 0 Å². The number of methoxy groups -OCH3 is 1. The van der Waals surface area contributed by atoms with Gasteiger partial charge in [0.25, 0.3) is 5.91 Å². The molecule has 0 aliphatic heterocycles. The van der Waals surface area contributed by atoms with E-state index in [1.165, 1.54) is 22.9 Å². The summed E-state index contributed by atoms with van der Waals surface area (Å²) < 4.78 is 38.4. The Morgan fingerprint density at radius 2 is 1.59 bits per heavy atom. The first-order chi connectivity index (χ1) is 15.3. The molecule has 1 aliphatic rings. The molecule has 8 heteroatoms. The van der Waals surface area contributed by atoms with Crippen molar-refractivity contribution in [2.75, 3.05) is 34.4 Å². The van der Waals surface area contributed by atoms with Crippen LogP contribution in [0.5, 0.6) is 11.5 Å². The molecule has 3 rings (SSSR count). The van der Waals surface area contributed by atoms with E-state index < -0.39 is 10.0 Å². The molecule has 2 aromatic carbocycles. The molecule has 7 nitrogen and oxygen atoms in total. The molecule has 1 amide bonds. The van der Waals surface area contributed by atoms with E-state index in [0.717, 1.165) is 25.7 Å². The molecule has 0 radical (unpaired) electrons. The van der Waals surface area contributed by atoms with Gasteiger partial charge in [-0.3, -0.25) is 4.79 Å². The molecule has 1 saturated carbocycles. The first-order valence-corrected chi connectivity index (χ1v) is 12.4. The molecule has 2 aromatic rings. The van der Waals surface area contributed by atoms with Crippen LogP contribution in [-0.2, 0) is 10.0 Å². The van der Waals surface area contributed by atoms with Gasteiger partial charge < -0.3 is 14.4 Å². The van der Waals surface area contributed by atoms with Crippen LogP contribution in [0.25, 0.3) is 0 Å². The molecule has 0 spiro atoms. The van der Waals surface area contributed by atoms with E-state index in [-0.39, 0.29) is 16.8 Å². The number of likely N-dealkylation sites (N-methyl/N-ethyl adjacent to an activating group) is 1. The summed E-state index contributed by atoms with van der Waals surface area (Å²) in [5.41, 5.74) is 0.434. The van der Waals surface area contributed by atoms with Gasteiger partial charge in [0.1, 0.15) is 6.61 Å². The largest absolute Gasteiger partial charge is 0.493 e. The maximum absolute atomic E-state index is 13.0. The zero-order chi connectivity index (χ0) is 23.1. The molecule has 0 aromatic heterocycles. The number of hydrogen-bond acceptors (Lipinski definition) is 5. The Bertz CT molecular complexity index is 1000. The number of carbonyl (C=O) groups is 1. The monoisotopic (exact) mass is 460 g/mol. The number of rotatable bonds is 9. The summed E-state index contributed by atoms with van der Waals surface area (Å²) in [6.07, 6.45) is 5.08. The predicted octanol–water partition coefficient (Wildman–Crippen LogP) is 3.80. The van der Waals surface area contributed by atoms with E-state index in [1.54, 1.807) is 38.2 Å². The fourth-order valence-corrected chi connectivity index (χ4v) is 5.35. The van der Waals surface area contributed by atoms with Gasteiger partial charge in [-0.1, -0.05) is 31.4 Å². The lowest BCUT2D eigenvalue weighted by molar-refractivity contribution is 0.0773. The van der Waals surface area contributed by atoms with E-state index in [9.17, 15) is 13.2 Å². The minimum Gasteiger partial charge on any atom is -0.493 e. The number of hydrogen-bond donors (Lipinski definition) is 0. The second-order valence-corrected chi connectivity index (χ2v) is 10.1. The van der Waals surface area contributed by atoms with Crippen LogP contribution in [0.15, 0.2) is 53.4 Å². The van der Waals surface area contributed by atoms with Crippen molar-refractivity contribution in [1.29, 1.82) is 0 Å². The van der Waals surface area contributed by atoms with Crippen LogP contribution in [0.1, 0.15) is 42.5 Å². The standard InChI is InChI=1S/C24H32N2O5S/c1-25(17-18-31-23-12-8-7-11-22(23)30-3)24(27)19-13-15-21(16-14-19)32(28,29)26(2)20-9-5-4-6-10-20/h7-8,11-16,20H,4-6,9-10,17-18H2,1-3H3. The lowest BCUT2D eigenvalue weighted by Crippen LogP contribution is -2.38. The van der Waals surface area contributed by atoms with Crippen LogP contribution < -0.4 is 9.47 Å². The molecular weight excluding hydrogens is 428 g/mol. The lowest BCUT2D eigenvalue weighted by Gasteiger charge is -2.30. The predicted molar refractivity (Wildman–Crippen MR) is 124 cm³/mol. The van der Waals surface area contributed by atoms with Gasteiger partial charge in [0.05, 0.1) is 18.6 Å². The summed E-state index contributed by atoms with van der Waals surface area (Å²) in [7, 11) is 1.34. The van der Waals surface area contributed by atoms with E-state index in [4.69, 9.17) is 9.47 Å². The SMILES string of the molecule is COc1ccccc1OCCN(C)C(=O)c1ccc(S(=O)(=O)N(C)C2CCCCC2)cc1. The second kappa shape index (κ2) is 10.8. The van der Waals surface area contributed by atoms with Crippen molar-refractivity contribution < 1.29 is 22.7 Å². The van der Waals surface area contributed by atoms with E-state index in [0.29, 0.717) is 30.2 Å². The van der Waals surface area contributed by atoms with E-state index in [1.807, 2.05) is 24.3 Å². The van der Waals surface area contributed by atoms with Crippen molar-refractivity contribution >= 4 is 15.9 Å². The highest BCUT2D eigenvalue weighted by Crippen LogP contribution is 2.27. The number of sulfonamides is 1. The maximum Gasteiger partial charge on any atom is 0.253 e. The fraction of sp³-hybridized carbons (Fsp3) is 0.458. The molecule has 174 valence electrons. The van der Waals surface area contributed by atoms with Crippen molar-refractivity contribution in [3.05, 3.63) is 54.1 Å². The third kappa shape index (κ3) is 5.61. The van der Waals surface area contributed by atoms with E-state index >= 15 is 0 Å². The molecular formula is C24H32N2O5S. The molecule has 0 N–H and O–H groups in total. The Kier molecular flexibility index (Phi) is 8.15.